The SMILES string of the molecule is C=C1CC2CCC(C1)N2[CH2-]. The van der Waals surface area contributed by atoms with Gasteiger partial charge in [-0.1, -0.05) is 12.2 Å². The number of fused-ring (bicyclic) bond motifs is 2. The van der Waals surface area contributed by atoms with Crippen molar-refractivity contribution in [2.45, 2.75) is 37.8 Å². The number of nitrogens with zero attached hydrogens (tertiary/aromatic N) is 1. The first kappa shape index (κ1) is 6.41. The summed E-state index contributed by atoms with van der Waals surface area (Å²) in [6.07, 6.45) is 5.07. The molecule has 10 heavy (non-hydrogen) atoms. The van der Waals surface area contributed by atoms with E-state index in [1.165, 1.54) is 31.3 Å². The first-order chi connectivity index (χ1) is 4.77. The van der Waals surface area contributed by atoms with Crippen LogP contribution in [-0.4, -0.2) is 17.0 Å². The third-order valence-electron chi connectivity index (χ3n) is 2.82. The van der Waals surface area contributed by atoms with Crippen LogP contribution >= 0.6 is 0 Å². The van der Waals surface area contributed by atoms with Gasteiger partial charge in [-0.2, -0.15) is 0 Å². The Morgan fingerprint density at radius 3 is 2.30 bits per heavy atom. The lowest BCUT2D eigenvalue weighted by Crippen LogP contribution is -2.35. The van der Waals surface area contributed by atoms with Crippen LogP contribution in [0.2, 0.25) is 0 Å². The molecule has 0 aliphatic carbocycles. The molecule has 0 spiro atoms. The van der Waals surface area contributed by atoms with Crippen LogP contribution in [0.5, 0.6) is 0 Å². The second-order valence-electron chi connectivity index (χ2n) is 3.56. The van der Waals surface area contributed by atoms with Crippen molar-refractivity contribution < 1.29 is 0 Å². The summed E-state index contributed by atoms with van der Waals surface area (Å²) >= 11 is 0. The number of hydrogen-bond acceptors (Lipinski definition) is 1. The number of piperidine rings is 1. The van der Waals surface area contributed by atoms with Gasteiger partial charge in [0.15, 0.2) is 0 Å². The van der Waals surface area contributed by atoms with E-state index >= 15 is 0 Å². The maximum absolute atomic E-state index is 4.05. The first-order valence-corrected chi connectivity index (χ1v) is 4.03. The van der Waals surface area contributed by atoms with E-state index in [4.69, 9.17) is 0 Å². The van der Waals surface area contributed by atoms with Crippen molar-refractivity contribution in [1.82, 2.24) is 4.90 Å². The number of rotatable bonds is 0. The summed E-state index contributed by atoms with van der Waals surface area (Å²) in [4.78, 5) is 2.29. The molecule has 2 bridgehead atoms. The van der Waals surface area contributed by atoms with E-state index in [0.717, 1.165) is 12.1 Å². The van der Waals surface area contributed by atoms with Gasteiger partial charge in [0.1, 0.15) is 0 Å². The fraction of sp³-hybridized carbons (Fsp3) is 0.667. The molecule has 0 radical (unpaired) electrons. The minimum Gasteiger partial charge on any atom is -0.453 e. The molecule has 1 nitrogen and oxygen atoms in total. The Bertz CT molecular complexity index is 146. The molecule has 1 heteroatoms. The molecule has 2 unspecified atom stereocenters. The molecule has 2 aliphatic rings. The number of hydrogen-bond donors (Lipinski definition) is 0. The molecule has 0 saturated carbocycles. The molecule has 2 atom stereocenters. The van der Waals surface area contributed by atoms with Crippen LogP contribution in [0.15, 0.2) is 12.2 Å². The molecule has 0 amide bonds. The van der Waals surface area contributed by atoms with E-state index in [1.54, 1.807) is 0 Å². The Labute approximate surface area is 62.7 Å². The molecule has 0 aromatic heterocycles. The smallest absolute Gasteiger partial charge is 0.0144 e. The minimum absolute atomic E-state index is 0.728. The highest BCUT2D eigenvalue weighted by molar-refractivity contribution is 5.10. The maximum Gasteiger partial charge on any atom is -0.0144 e. The second-order valence-corrected chi connectivity index (χ2v) is 3.56. The van der Waals surface area contributed by atoms with Crippen LogP contribution in [-0.2, 0) is 0 Å². The van der Waals surface area contributed by atoms with E-state index in [2.05, 4.69) is 18.5 Å². The molecule has 0 aromatic rings. The Morgan fingerprint density at radius 1 is 1.30 bits per heavy atom. The molecular weight excluding hydrogens is 122 g/mol. The lowest BCUT2D eigenvalue weighted by atomic mass is 9.99. The molecular formula is C9H14N-. The van der Waals surface area contributed by atoms with Crippen molar-refractivity contribution in [3.8, 4) is 0 Å². The van der Waals surface area contributed by atoms with Gasteiger partial charge in [0.25, 0.3) is 0 Å². The summed E-state index contributed by atoms with van der Waals surface area (Å²) < 4.78 is 0. The predicted molar refractivity (Wildman–Crippen MR) is 42.4 cm³/mol. The fourth-order valence-electron chi connectivity index (χ4n) is 2.20. The summed E-state index contributed by atoms with van der Waals surface area (Å²) in [5.74, 6) is 0. The highest BCUT2D eigenvalue weighted by atomic mass is 15.2. The molecule has 2 saturated heterocycles. The van der Waals surface area contributed by atoms with Gasteiger partial charge in [-0.25, -0.2) is 0 Å². The van der Waals surface area contributed by atoms with Crippen molar-refractivity contribution in [1.29, 1.82) is 0 Å². The van der Waals surface area contributed by atoms with Gasteiger partial charge >= 0.3 is 0 Å². The Morgan fingerprint density at radius 2 is 1.80 bits per heavy atom. The lowest BCUT2D eigenvalue weighted by Gasteiger charge is -2.39. The molecule has 2 heterocycles. The van der Waals surface area contributed by atoms with E-state index in [-0.39, 0.29) is 0 Å². The van der Waals surface area contributed by atoms with Crippen molar-refractivity contribution in [2.24, 2.45) is 0 Å². The molecule has 2 rings (SSSR count). The normalized spacial score (nSPS) is 40.7. The van der Waals surface area contributed by atoms with Gasteiger partial charge < -0.3 is 4.90 Å². The van der Waals surface area contributed by atoms with Gasteiger partial charge in [0, 0.05) is 0 Å². The Balaban J connectivity index is 2.16. The topological polar surface area (TPSA) is 3.24 Å². The summed E-state index contributed by atoms with van der Waals surface area (Å²) in [5.41, 5.74) is 1.44. The molecule has 0 N–H and O–H groups in total. The average Bonchev–Trinajstić information content (AvgIpc) is 2.20. The van der Waals surface area contributed by atoms with Gasteiger partial charge in [0.05, 0.1) is 0 Å². The summed E-state index contributed by atoms with van der Waals surface area (Å²) in [5, 5.41) is 0. The van der Waals surface area contributed by atoms with E-state index in [9.17, 15) is 0 Å². The van der Waals surface area contributed by atoms with Crippen LogP contribution in [0.4, 0.5) is 0 Å². The monoisotopic (exact) mass is 136 g/mol. The zero-order valence-electron chi connectivity index (χ0n) is 6.34. The fourth-order valence-corrected chi connectivity index (χ4v) is 2.20. The van der Waals surface area contributed by atoms with Crippen LogP contribution in [0.3, 0.4) is 0 Å². The van der Waals surface area contributed by atoms with Crippen molar-refractivity contribution >= 4 is 0 Å². The van der Waals surface area contributed by atoms with Crippen molar-refractivity contribution in [3.63, 3.8) is 0 Å². The zero-order valence-corrected chi connectivity index (χ0v) is 6.34. The van der Waals surface area contributed by atoms with Gasteiger partial charge in [-0.3, -0.25) is 7.05 Å². The predicted octanol–water partition coefficient (Wildman–Crippen LogP) is 1.96. The highest BCUT2D eigenvalue weighted by Crippen LogP contribution is 2.36. The minimum atomic E-state index is 0.728. The lowest BCUT2D eigenvalue weighted by molar-refractivity contribution is 0.237. The van der Waals surface area contributed by atoms with Gasteiger partial charge in [-0.15, -0.1) is 0 Å². The maximum atomic E-state index is 4.05. The van der Waals surface area contributed by atoms with Crippen LogP contribution in [0, 0.1) is 7.05 Å². The van der Waals surface area contributed by atoms with Crippen LogP contribution in [0.1, 0.15) is 25.7 Å². The van der Waals surface area contributed by atoms with Crippen molar-refractivity contribution in [2.75, 3.05) is 0 Å². The second kappa shape index (κ2) is 2.09. The third kappa shape index (κ3) is 0.807. The largest absolute Gasteiger partial charge is 0.453 e. The summed E-state index contributed by atoms with van der Waals surface area (Å²) in [6.45, 7) is 4.04. The molecule has 2 fully saturated rings. The Kier molecular flexibility index (Phi) is 1.34. The summed E-state index contributed by atoms with van der Waals surface area (Å²) in [7, 11) is 4.05. The third-order valence-corrected chi connectivity index (χ3v) is 2.82. The standard InChI is InChI=1S/C9H14N/c1-7-5-8-3-4-9(6-7)10(8)2/h8-9H,1-6H2/q-1. The van der Waals surface area contributed by atoms with E-state index in [0.29, 0.717) is 0 Å². The molecule has 2 aliphatic heterocycles. The summed E-state index contributed by atoms with van der Waals surface area (Å²) in [6, 6.07) is 1.46. The van der Waals surface area contributed by atoms with Gasteiger partial charge in [-0.05, 0) is 37.8 Å². The van der Waals surface area contributed by atoms with Crippen molar-refractivity contribution in [3.05, 3.63) is 19.2 Å². The molecule has 56 valence electrons. The first-order valence-electron chi connectivity index (χ1n) is 4.03. The van der Waals surface area contributed by atoms with E-state index in [1.807, 2.05) is 0 Å². The molecule has 0 aromatic carbocycles. The van der Waals surface area contributed by atoms with Crippen LogP contribution in [0.25, 0.3) is 0 Å². The van der Waals surface area contributed by atoms with Crippen LogP contribution < -0.4 is 0 Å². The quantitative estimate of drug-likeness (QED) is 0.363. The van der Waals surface area contributed by atoms with Gasteiger partial charge in [0.2, 0.25) is 0 Å². The zero-order chi connectivity index (χ0) is 7.14. The average molecular weight is 136 g/mol. The highest BCUT2D eigenvalue weighted by Gasteiger charge is 2.30. The Hall–Kier alpha value is -0.300. The van der Waals surface area contributed by atoms with E-state index < -0.39 is 0 Å².